The summed E-state index contributed by atoms with van der Waals surface area (Å²) in [6.07, 6.45) is 1.02. The summed E-state index contributed by atoms with van der Waals surface area (Å²) >= 11 is 13.1. The third-order valence-corrected chi connectivity index (χ3v) is 5.50. The van der Waals surface area contributed by atoms with E-state index in [4.69, 9.17) is 23.8 Å². The number of nitrogens with zero attached hydrogens (tertiary/aromatic N) is 2. The van der Waals surface area contributed by atoms with Crippen molar-refractivity contribution in [2.45, 2.75) is 32.4 Å². The van der Waals surface area contributed by atoms with Crippen LogP contribution >= 0.6 is 35.2 Å². The Labute approximate surface area is 166 Å². The fourth-order valence-corrected chi connectivity index (χ4v) is 3.88. The Morgan fingerprint density at radius 2 is 2.19 bits per heavy atom. The number of thiophene rings is 1. The molecular weight excluding hydrogens is 388 g/mol. The quantitative estimate of drug-likeness (QED) is 0.569. The Balaban J connectivity index is 1.57. The van der Waals surface area contributed by atoms with Crippen LogP contribution in [0.25, 0.3) is 10.7 Å². The van der Waals surface area contributed by atoms with Gasteiger partial charge in [0.2, 0.25) is 5.91 Å². The number of carbonyl (C=O) groups is 1. The molecule has 5 nitrogen and oxygen atoms in total. The molecule has 0 saturated heterocycles. The molecule has 1 atom stereocenters. The third-order valence-electron chi connectivity index (χ3n) is 3.95. The van der Waals surface area contributed by atoms with Crippen molar-refractivity contribution in [3.8, 4) is 10.7 Å². The number of halogens is 1. The molecule has 1 amide bonds. The highest BCUT2D eigenvalue weighted by molar-refractivity contribution is 7.71. The molecule has 0 bridgehead atoms. The second kappa shape index (κ2) is 8.62. The monoisotopic (exact) mass is 406 g/mol. The van der Waals surface area contributed by atoms with E-state index in [1.54, 1.807) is 11.3 Å². The first-order valence-electron chi connectivity index (χ1n) is 8.26. The van der Waals surface area contributed by atoms with Gasteiger partial charge >= 0.3 is 0 Å². The van der Waals surface area contributed by atoms with Gasteiger partial charge in [0, 0.05) is 24.0 Å². The highest BCUT2D eigenvalue weighted by Gasteiger charge is 2.13. The van der Waals surface area contributed by atoms with E-state index in [2.05, 4.69) is 15.5 Å². The minimum absolute atomic E-state index is 0.00325. The molecule has 8 heteroatoms. The number of hydrogen-bond donors (Lipinski definition) is 2. The number of amides is 1. The number of carbonyl (C=O) groups excluding carboxylic acids is 1. The van der Waals surface area contributed by atoms with Gasteiger partial charge in [-0.15, -0.1) is 11.3 Å². The standard InChI is InChI=1S/C18H19ClN4OS2/c1-12(11-13-5-2-3-6-14(13)19)20-16(24)8-9-23-17(21-22-18(23)25)15-7-4-10-26-15/h2-7,10,12H,8-9,11H2,1H3,(H,20,24)(H,22,25)/t12-/m0/s1. The Hall–Kier alpha value is -1.96. The van der Waals surface area contributed by atoms with Crippen LogP contribution in [-0.2, 0) is 17.8 Å². The molecule has 0 spiro atoms. The largest absolute Gasteiger partial charge is 0.353 e. The van der Waals surface area contributed by atoms with Gasteiger partial charge in [0.25, 0.3) is 0 Å². The summed E-state index contributed by atoms with van der Waals surface area (Å²) in [5.41, 5.74) is 1.03. The maximum Gasteiger partial charge on any atom is 0.222 e. The lowest BCUT2D eigenvalue weighted by molar-refractivity contribution is -0.121. The van der Waals surface area contributed by atoms with Crippen molar-refractivity contribution in [2.75, 3.05) is 0 Å². The molecule has 2 heterocycles. The summed E-state index contributed by atoms with van der Waals surface area (Å²) < 4.78 is 2.38. The SMILES string of the molecule is C[C@@H](Cc1ccccc1Cl)NC(=O)CCn1c(-c2cccs2)n[nH]c1=S. The van der Waals surface area contributed by atoms with E-state index in [-0.39, 0.29) is 11.9 Å². The van der Waals surface area contributed by atoms with Gasteiger partial charge in [-0.05, 0) is 48.6 Å². The van der Waals surface area contributed by atoms with Gasteiger partial charge in [-0.25, -0.2) is 0 Å². The zero-order chi connectivity index (χ0) is 18.5. The second-order valence-electron chi connectivity index (χ2n) is 6.00. The van der Waals surface area contributed by atoms with Gasteiger partial charge in [0.05, 0.1) is 4.88 Å². The summed E-state index contributed by atoms with van der Waals surface area (Å²) in [6, 6.07) is 11.6. The van der Waals surface area contributed by atoms with Crippen molar-refractivity contribution in [3.05, 3.63) is 57.1 Å². The average Bonchev–Trinajstić information content (AvgIpc) is 3.24. The Bertz CT molecular complexity index is 933. The van der Waals surface area contributed by atoms with Crippen molar-refractivity contribution in [1.29, 1.82) is 0 Å². The Kier molecular flexibility index (Phi) is 6.24. The molecule has 3 rings (SSSR count). The predicted octanol–water partition coefficient (Wildman–Crippen LogP) is 4.46. The minimum atomic E-state index is -0.0233. The van der Waals surface area contributed by atoms with Crippen LogP contribution in [0, 0.1) is 4.77 Å². The normalized spacial score (nSPS) is 12.1. The van der Waals surface area contributed by atoms with E-state index in [0.29, 0.717) is 24.2 Å². The zero-order valence-electron chi connectivity index (χ0n) is 14.2. The first-order valence-corrected chi connectivity index (χ1v) is 9.93. The van der Waals surface area contributed by atoms with Crippen molar-refractivity contribution >= 4 is 41.1 Å². The van der Waals surface area contributed by atoms with Crippen molar-refractivity contribution in [2.24, 2.45) is 0 Å². The molecule has 2 N–H and O–H groups in total. The summed E-state index contributed by atoms with van der Waals surface area (Å²) in [5.74, 6) is 0.742. The number of nitrogens with one attached hydrogen (secondary N) is 2. The van der Waals surface area contributed by atoms with E-state index < -0.39 is 0 Å². The van der Waals surface area contributed by atoms with Crippen molar-refractivity contribution in [3.63, 3.8) is 0 Å². The van der Waals surface area contributed by atoms with E-state index in [1.807, 2.05) is 53.3 Å². The van der Waals surface area contributed by atoms with Crippen LogP contribution in [-0.4, -0.2) is 26.7 Å². The van der Waals surface area contributed by atoms with Gasteiger partial charge in [-0.2, -0.15) is 5.10 Å². The molecule has 0 unspecified atom stereocenters. The van der Waals surface area contributed by atoms with Crippen LogP contribution in [0.3, 0.4) is 0 Å². The molecule has 0 aliphatic carbocycles. The topological polar surface area (TPSA) is 62.7 Å². The van der Waals surface area contributed by atoms with Crippen LogP contribution in [0.4, 0.5) is 0 Å². The molecule has 136 valence electrons. The fraction of sp³-hybridized carbons (Fsp3) is 0.278. The molecule has 0 radical (unpaired) electrons. The maximum atomic E-state index is 12.3. The number of aromatic nitrogens is 3. The average molecular weight is 407 g/mol. The lowest BCUT2D eigenvalue weighted by Crippen LogP contribution is -2.34. The summed E-state index contributed by atoms with van der Waals surface area (Å²) in [5, 5.41) is 12.8. The number of rotatable bonds is 7. The molecule has 26 heavy (non-hydrogen) atoms. The van der Waals surface area contributed by atoms with E-state index in [1.165, 1.54) is 0 Å². The van der Waals surface area contributed by atoms with E-state index >= 15 is 0 Å². The summed E-state index contributed by atoms with van der Waals surface area (Å²) in [4.78, 5) is 13.3. The predicted molar refractivity (Wildman–Crippen MR) is 108 cm³/mol. The number of H-pyrrole nitrogens is 1. The molecule has 0 saturated carbocycles. The lowest BCUT2D eigenvalue weighted by Gasteiger charge is -2.15. The molecular formula is C18H19ClN4OS2. The second-order valence-corrected chi connectivity index (χ2v) is 7.74. The first-order chi connectivity index (χ1) is 12.5. The van der Waals surface area contributed by atoms with Gasteiger partial charge in [-0.1, -0.05) is 35.9 Å². The lowest BCUT2D eigenvalue weighted by atomic mass is 10.1. The van der Waals surface area contributed by atoms with Crippen LogP contribution in [0.1, 0.15) is 18.9 Å². The highest BCUT2D eigenvalue weighted by Crippen LogP contribution is 2.23. The van der Waals surface area contributed by atoms with Crippen LogP contribution in [0.5, 0.6) is 0 Å². The summed E-state index contributed by atoms with van der Waals surface area (Å²) in [7, 11) is 0. The fourth-order valence-electron chi connectivity index (χ4n) is 2.72. The van der Waals surface area contributed by atoms with Crippen molar-refractivity contribution in [1.82, 2.24) is 20.1 Å². The van der Waals surface area contributed by atoms with Crippen molar-refractivity contribution < 1.29 is 4.79 Å². The highest BCUT2D eigenvalue weighted by atomic mass is 35.5. The smallest absolute Gasteiger partial charge is 0.222 e. The van der Waals surface area contributed by atoms with Crippen LogP contribution in [0.15, 0.2) is 41.8 Å². The molecule has 2 aromatic heterocycles. The Morgan fingerprint density at radius 1 is 1.38 bits per heavy atom. The minimum Gasteiger partial charge on any atom is -0.353 e. The zero-order valence-corrected chi connectivity index (χ0v) is 16.6. The number of hydrogen-bond acceptors (Lipinski definition) is 4. The molecule has 3 aromatic rings. The van der Waals surface area contributed by atoms with Crippen LogP contribution in [0.2, 0.25) is 5.02 Å². The maximum absolute atomic E-state index is 12.3. The first kappa shape index (κ1) is 18.8. The molecule has 1 aromatic carbocycles. The van der Waals surface area contributed by atoms with E-state index in [0.717, 1.165) is 21.3 Å². The number of aromatic amines is 1. The Morgan fingerprint density at radius 3 is 2.92 bits per heavy atom. The van der Waals surface area contributed by atoms with Crippen LogP contribution < -0.4 is 5.32 Å². The summed E-state index contributed by atoms with van der Waals surface area (Å²) in [6.45, 7) is 2.45. The molecule has 0 fully saturated rings. The molecule has 0 aliphatic rings. The van der Waals surface area contributed by atoms with Gasteiger partial charge in [0.1, 0.15) is 0 Å². The van der Waals surface area contributed by atoms with Gasteiger partial charge in [0.15, 0.2) is 10.6 Å². The van der Waals surface area contributed by atoms with E-state index in [9.17, 15) is 4.79 Å². The third kappa shape index (κ3) is 4.60. The number of benzene rings is 1. The van der Waals surface area contributed by atoms with Gasteiger partial charge < -0.3 is 5.32 Å². The van der Waals surface area contributed by atoms with Gasteiger partial charge in [-0.3, -0.25) is 14.5 Å². The molecule has 0 aliphatic heterocycles.